The zero-order valence-corrected chi connectivity index (χ0v) is 21.7. The van der Waals surface area contributed by atoms with Gasteiger partial charge in [0.25, 0.3) is 0 Å². The Labute approximate surface area is 225 Å². The third-order valence-electron chi connectivity index (χ3n) is 7.32. The fraction of sp³-hybridized carbons (Fsp3) is 0.321. The van der Waals surface area contributed by atoms with Gasteiger partial charge in [-0.25, -0.2) is 13.8 Å². The first-order valence-electron chi connectivity index (χ1n) is 13.0. The van der Waals surface area contributed by atoms with Crippen LogP contribution in [0.3, 0.4) is 0 Å². The normalized spacial score (nSPS) is 17.0. The van der Waals surface area contributed by atoms with Crippen LogP contribution >= 0.6 is 0 Å². The molecule has 0 spiro atoms. The lowest BCUT2D eigenvalue weighted by atomic mass is 10.1. The summed E-state index contributed by atoms with van der Waals surface area (Å²) in [6, 6.07) is 12.6. The van der Waals surface area contributed by atoms with Gasteiger partial charge in [-0.2, -0.15) is 4.98 Å². The number of nitrogens with zero attached hydrogens (tertiary/aromatic N) is 6. The number of hydrogen-bond acceptors (Lipinski definition) is 7. The van der Waals surface area contributed by atoms with Gasteiger partial charge >= 0.3 is 0 Å². The second kappa shape index (κ2) is 10.6. The minimum Gasteiger partial charge on any atom is -0.369 e. The first-order valence-corrected chi connectivity index (χ1v) is 13.0. The van der Waals surface area contributed by atoms with Gasteiger partial charge in [-0.05, 0) is 49.5 Å². The number of hydrogen-bond donors (Lipinski definition) is 2. The molecule has 11 heteroatoms. The highest BCUT2D eigenvalue weighted by Crippen LogP contribution is 2.26. The van der Waals surface area contributed by atoms with Gasteiger partial charge in [0, 0.05) is 80.5 Å². The third kappa shape index (κ3) is 5.41. The van der Waals surface area contributed by atoms with E-state index in [1.165, 1.54) is 17.8 Å². The molecule has 0 unspecified atom stereocenters. The fourth-order valence-corrected chi connectivity index (χ4v) is 5.07. The molecule has 202 valence electrons. The number of carbonyl (C=O) groups is 1. The van der Waals surface area contributed by atoms with E-state index >= 15 is 8.78 Å². The zero-order chi connectivity index (χ0) is 26.9. The Hall–Kier alpha value is -4.09. The lowest BCUT2D eigenvalue weighted by Crippen LogP contribution is -2.47. The van der Waals surface area contributed by atoms with Gasteiger partial charge in [-0.15, -0.1) is 0 Å². The number of benzene rings is 2. The number of likely N-dealkylation sites (N-methyl/N-ethyl adjacent to an activating group) is 1. The smallest absolute Gasteiger partial charge is 0.234 e. The Balaban J connectivity index is 1.21. The molecule has 1 amide bonds. The molecule has 0 saturated carbocycles. The summed E-state index contributed by atoms with van der Waals surface area (Å²) in [5.41, 5.74) is 2.82. The van der Waals surface area contributed by atoms with Gasteiger partial charge < -0.3 is 25.0 Å². The van der Waals surface area contributed by atoms with E-state index in [9.17, 15) is 4.79 Å². The number of halogens is 2. The highest BCUT2D eigenvalue weighted by molar-refractivity contribution is 5.79. The van der Waals surface area contributed by atoms with Gasteiger partial charge in [0.05, 0.1) is 12.2 Å². The average Bonchev–Trinajstić information content (AvgIpc) is 3.35. The van der Waals surface area contributed by atoms with Crippen molar-refractivity contribution in [1.82, 2.24) is 29.7 Å². The first-order chi connectivity index (χ1) is 18.9. The van der Waals surface area contributed by atoms with Crippen molar-refractivity contribution in [3.63, 3.8) is 0 Å². The van der Waals surface area contributed by atoms with E-state index in [0.717, 1.165) is 37.3 Å². The molecule has 2 N–H and O–H groups in total. The molecule has 6 rings (SSSR count). The maximum atomic E-state index is 15.1. The van der Waals surface area contributed by atoms with Crippen molar-refractivity contribution >= 4 is 34.3 Å². The molecule has 0 radical (unpaired) electrons. The van der Waals surface area contributed by atoms with Crippen molar-refractivity contribution in [2.24, 2.45) is 0 Å². The number of fused-ring (bicyclic) bond motifs is 1. The lowest BCUT2D eigenvalue weighted by Gasteiger charge is -2.34. The van der Waals surface area contributed by atoms with Crippen molar-refractivity contribution in [3.8, 4) is 5.69 Å². The van der Waals surface area contributed by atoms with Crippen LogP contribution in [0.25, 0.3) is 16.7 Å². The highest BCUT2D eigenvalue weighted by atomic mass is 19.1. The maximum absolute atomic E-state index is 15.1. The SMILES string of the molecule is CN1CCN(c2ccc(Nc3ncc4ccn(-c5cc(F)c(CN6CCNC(=O)C6)c(F)c5)c4n3)cc2)CC1. The van der Waals surface area contributed by atoms with Crippen LogP contribution in [0.5, 0.6) is 0 Å². The van der Waals surface area contributed by atoms with E-state index in [1.54, 1.807) is 27.9 Å². The van der Waals surface area contributed by atoms with Gasteiger partial charge in [-0.1, -0.05) is 0 Å². The highest BCUT2D eigenvalue weighted by Gasteiger charge is 2.21. The molecule has 2 aromatic heterocycles. The summed E-state index contributed by atoms with van der Waals surface area (Å²) in [6.07, 6.45) is 3.40. The van der Waals surface area contributed by atoms with Crippen LogP contribution in [0.15, 0.2) is 54.9 Å². The number of aromatic nitrogens is 3. The summed E-state index contributed by atoms with van der Waals surface area (Å²) < 4.78 is 31.8. The van der Waals surface area contributed by atoms with Crippen LogP contribution in [0.1, 0.15) is 5.56 Å². The summed E-state index contributed by atoms with van der Waals surface area (Å²) in [5.74, 6) is -1.08. The van der Waals surface area contributed by atoms with Crippen LogP contribution in [0.4, 0.5) is 26.1 Å². The Kier molecular flexibility index (Phi) is 6.84. The minimum atomic E-state index is -0.661. The number of nitrogens with one attached hydrogen (secondary N) is 2. The summed E-state index contributed by atoms with van der Waals surface area (Å²) in [6.45, 7) is 5.24. The number of carbonyl (C=O) groups excluding carboxylic acids is 1. The fourth-order valence-electron chi connectivity index (χ4n) is 5.07. The maximum Gasteiger partial charge on any atom is 0.234 e. The number of piperazine rings is 2. The molecule has 0 aliphatic carbocycles. The van der Waals surface area contributed by atoms with E-state index in [-0.39, 0.29) is 24.6 Å². The second-order valence-corrected chi connectivity index (χ2v) is 10.1. The first kappa shape index (κ1) is 25.2. The molecule has 2 aromatic carbocycles. The minimum absolute atomic E-state index is 0.0294. The summed E-state index contributed by atoms with van der Waals surface area (Å²) in [5, 5.41) is 6.70. The summed E-state index contributed by atoms with van der Waals surface area (Å²) >= 11 is 0. The Morgan fingerprint density at radius 1 is 0.974 bits per heavy atom. The molecule has 39 heavy (non-hydrogen) atoms. The molecule has 4 heterocycles. The molecule has 0 atom stereocenters. The molecule has 9 nitrogen and oxygen atoms in total. The van der Waals surface area contributed by atoms with E-state index in [2.05, 4.69) is 49.6 Å². The molecule has 2 aliphatic heterocycles. The largest absolute Gasteiger partial charge is 0.369 e. The van der Waals surface area contributed by atoms with Crippen molar-refractivity contribution in [2.75, 3.05) is 63.1 Å². The monoisotopic (exact) mass is 532 g/mol. The molecule has 2 fully saturated rings. The summed E-state index contributed by atoms with van der Waals surface area (Å²) in [4.78, 5) is 27.1. The van der Waals surface area contributed by atoms with Crippen molar-refractivity contribution in [2.45, 2.75) is 6.54 Å². The Morgan fingerprint density at radius 2 is 1.72 bits per heavy atom. The van der Waals surface area contributed by atoms with Crippen LogP contribution in [0, 0.1) is 11.6 Å². The molecule has 0 bridgehead atoms. The number of rotatable bonds is 6. The summed E-state index contributed by atoms with van der Waals surface area (Å²) in [7, 11) is 2.14. The molecule has 2 aliphatic rings. The number of anilines is 3. The quantitative estimate of drug-likeness (QED) is 0.395. The van der Waals surface area contributed by atoms with Crippen LogP contribution in [-0.2, 0) is 11.3 Å². The van der Waals surface area contributed by atoms with E-state index < -0.39 is 11.6 Å². The van der Waals surface area contributed by atoms with E-state index in [1.807, 2.05) is 12.1 Å². The van der Waals surface area contributed by atoms with Crippen LogP contribution < -0.4 is 15.5 Å². The third-order valence-corrected chi connectivity index (χ3v) is 7.32. The molecule has 4 aromatic rings. The van der Waals surface area contributed by atoms with Gasteiger partial charge in [-0.3, -0.25) is 9.69 Å². The van der Waals surface area contributed by atoms with Crippen molar-refractivity contribution in [3.05, 3.63) is 72.1 Å². The predicted molar refractivity (Wildman–Crippen MR) is 147 cm³/mol. The lowest BCUT2D eigenvalue weighted by molar-refractivity contribution is -0.124. The Bertz CT molecular complexity index is 1470. The average molecular weight is 533 g/mol. The van der Waals surface area contributed by atoms with Gasteiger partial charge in [0.2, 0.25) is 11.9 Å². The predicted octanol–water partition coefficient (Wildman–Crippen LogP) is 3.13. The zero-order valence-electron chi connectivity index (χ0n) is 21.7. The molecular formula is C28H30F2N8O. The van der Waals surface area contributed by atoms with Crippen molar-refractivity contribution in [1.29, 1.82) is 0 Å². The number of amides is 1. The van der Waals surface area contributed by atoms with Crippen LogP contribution in [0.2, 0.25) is 0 Å². The van der Waals surface area contributed by atoms with E-state index in [4.69, 9.17) is 0 Å². The van der Waals surface area contributed by atoms with Crippen molar-refractivity contribution < 1.29 is 13.6 Å². The molecular weight excluding hydrogens is 502 g/mol. The Morgan fingerprint density at radius 3 is 2.44 bits per heavy atom. The van der Waals surface area contributed by atoms with E-state index in [0.29, 0.717) is 30.4 Å². The van der Waals surface area contributed by atoms with Gasteiger partial charge in [0.1, 0.15) is 17.3 Å². The molecule has 2 saturated heterocycles. The topological polar surface area (TPSA) is 81.6 Å². The van der Waals surface area contributed by atoms with Gasteiger partial charge in [0.15, 0.2) is 0 Å². The standard InChI is InChI=1S/C28H30F2N8O/c1-35-10-12-37(13-11-35)21-4-2-20(3-5-21)33-28-32-16-19-6-8-38(27(19)34-28)22-14-24(29)23(25(30)15-22)17-36-9-7-31-26(39)18-36/h2-6,8,14-16H,7,9-13,17-18H2,1H3,(H,31,39)(H,32,33,34). The second-order valence-electron chi connectivity index (χ2n) is 10.1. The van der Waals surface area contributed by atoms with Crippen LogP contribution in [-0.4, -0.2) is 83.1 Å².